The number of carbonyl (C=O) groups is 1. The van der Waals surface area contributed by atoms with E-state index >= 15 is 0 Å². The van der Waals surface area contributed by atoms with Gasteiger partial charge in [0.15, 0.2) is 5.82 Å². The van der Waals surface area contributed by atoms with Gasteiger partial charge in [0.1, 0.15) is 5.56 Å². The summed E-state index contributed by atoms with van der Waals surface area (Å²) in [4.78, 5) is 14.3. The molecule has 0 atom stereocenters. The summed E-state index contributed by atoms with van der Waals surface area (Å²) in [5.74, 6) is 0.129. The minimum atomic E-state index is -0.139. The first-order valence-electron chi connectivity index (χ1n) is 6.49. The highest BCUT2D eigenvalue weighted by molar-refractivity contribution is 5.99. The molecule has 1 aliphatic heterocycles. The van der Waals surface area contributed by atoms with E-state index in [2.05, 4.69) is 20.4 Å². The van der Waals surface area contributed by atoms with Crippen LogP contribution in [0.25, 0.3) is 0 Å². The number of amides is 1. The minimum absolute atomic E-state index is 0.139. The molecule has 1 aromatic rings. The number of anilines is 1. The number of aromatic nitrogens is 2. The Kier molecular flexibility index (Phi) is 4.19. The average Bonchev–Trinajstić information content (AvgIpc) is 2.95. The highest BCUT2D eigenvalue weighted by Crippen LogP contribution is 2.11. The second-order valence-electron chi connectivity index (χ2n) is 4.77. The number of rotatable bonds is 5. The fourth-order valence-corrected chi connectivity index (χ4v) is 2.33. The molecule has 0 spiro atoms. The molecule has 2 heterocycles. The first-order chi connectivity index (χ1) is 8.68. The molecular weight excluding hydrogens is 230 g/mol. The van der Waals surface area contributed by atoms with Gasteiger partial charge in [0, 0.05) is 12.2 Å². The highest BCUT2D eigenvalue weighted by atomic mass is 16.1. The molecule has 0 bridgehead atoms. The third kappa shape index (κ3) is 3.01. The molecule has 0 unspecified atom stereocenters. The van der Waals surface area contributed by atoms with Gasteiger partial charge in [0.25, 0.3) is 5.91 Å². The van der Waals surface area contributed by atoms with E-state index in [4.69, 9.17) is 5.73 Å². The monoisotopic (exact) mass is 251 g/mol. The Bertz CT molecular complexity index is 389. The van der Waals surface area contributed by atoms with Crippen molar-refractivity contribution in [2.75, 3.05) is 31.9 Å². The summed E-state index contributed by atoms with van der Waals surface area (Å²) in [6.45, 7) is 5.92. The fraction of sp³-hybridized carbons (Fsp3) is 0.667. The normalized spacial score (nSPS) is 16.1. The molecule has 1 fully saturated rings. The van der Waals surface area contributed by atoms with Gasteiger partial charge < -0.3 is 16.0 Å². The smallest absolute Gasteiger partial charge is 0.256 e. The van der Waals surface area contributed by atoms with Crippen LogP contribution in [0.1, 0.15) is 35.3 Å². The van der Waals surface area contributed by atoms with Crippen molar-refractivity contribution < 1.29 is 4.79 Å². The molecule has 0 aliphatic carbocycles. The summed E-state index contributed by atoms with van der Waals surface area (Å²) in [6, 6.07) is 0. The number of carbonyl (C=O) groups excluding carboxylic acids is 1. The van der Waals surface area contributed by atoms with Crippen LogP contribution in [-0.2, 0) is 0 Å². The number of nitrogens with zero attached hydrogens (tertiary/aromatic N) is 2. The van der Waals surface area contributed by atoms with E-state index in [-0.39, 0.29) is 11.7 Å². The van der Waals surface area contributed by atoms with Crippen LogP contribution in [0.4, 0.5) is 5.82 Å². The van der Waals surface area contributed by atoms with E-state index in [1.54, 1.807) is 6.92 Å². The van der Waals surface area contributed by atoms with E-state index in [9.17, 15) is 4.79 Å². The number of aromatic amines is 1. The van der Waals surface area contributed by atoms with Crippen LogP contribution in [0.15, 0.2) is 0 Å². The zero-order valence-corrected chi connectivity index (χ0v) is 10.8. The number of nitrogen functional groups attached to an aromatic ring is 1. The number of nitrogens with one attached hydrogen (secondary N) is 2. The van der Waals surface area contributed by atoms with Gasteiger partial charge in [-0.3, -0.25) is 9.89 Å². The maximum atomic E-state index is 11.9. The van der Waals surface area contributed by atoms with E-state index in [0.717, 1.165) is 13.0 Å². The van der Waals surface area contributed by atoms with Crippen LogP contribution in [0.2, 0.25) is 0 Å². The summed E-state index contributed by atoms with van der Waals surface area (Å²) in [7, 11) is 0. The largest absolute Gasteiger partial charge is 0.382 e. The fourth-order valence-electron chi connectivity index (χ4n) is 2.33. The van der Waals surface area contributed by atoms with Crippen molar-refractivity contribution in [1.29, 1.82) is 0 Å². The van der Waals surface area contributed by atoms with Crippen molar-refractivity contribution in [3.63, 3.8) is 0 Å². The van der Waals surface area contributed by atoms with Gasteiger partial charge >= 0.3 is 0 Å². The lowest BCUT2D eigenvalue weighted by atomic mass is 10.2. The van der Waals surface area contributed by atoms with Gasteiger partial charge in [-0.05, 0) is 45.8 Å². The Labute approximate surface area is 107 Å². The van der Waals surface area contributed by atoms with Gasteiger partial charge in [-0.25, -0.2) is 0 Å². The molecule has 0 radical (unpaired) electrons. The number of likely N-dealkylation sites (tertiary alicyclic amines) is 1. The van der Waals surface area contributed by atoms with Gasteiger partial charge in [0.05, 0.1) is 0 Å². The molecule has 1 aliphatic rings. The standard InChI is InChI=1S/C12H21N5O/c1-9-10(11(13)16-15-9)12(18)14-5-4-8-17-6-2-3-7-17/h2-8H2,1H3,(H,14,18)(H3,13,15,16). The second kappa shape index (κ2) is 5.86. The molecule has 6 nitrogen and oxygen atoms in total. The predicted octanol–water partition coefficient (Wildman–Crippen LogP) is 0.516. The third-order valence-corrected chi connectivity index (χ3v) is 3.34. The summed E-state index contributed by atoms with van der Waals surface area (Å²) in [6.07, 6.45) is 3.58. The summed E-state index contributed by atoms with van der Waals surface area (Å²) < 4.78 is 0. The number of nitrogens with two attached hydrogens (primary N) is 1. The highest BCUT2D eigenvalue weighted by Gasteiger charge is 2.15. The summed E-state index contributed by atoms with van der Waals surface area (Å²) >= 11 is 0. The number of hydrogen-bond donors (Lipinski definition) is 3. The number of aryl methyl sites for hydroxylation is 1. The van der Waals surface area contributed by atoms with Crippen LogP contribution >= 0.6 is 0 Å². The van der Waals surface area contributed by atoms with Crippen molar-refractivity contribution in [2.24, 2.45) is 0 Å². The lowest BCUT2D eigenvalue weighted by Crippen LogP contribution is -2.29. The van der Waals surface area contributed by atoms with Gasteiger partial charge in [-0.15, -0.1) is 0 Å². The van der Waals surface area contributed by atoms with Crippen molar-refractivity contribution >= 4 is 11.7 Å². The molecular formula is C12H21N5O. The molecule has 6 heteroatoms. The Balaban J connectivity index is 1.71. The van der Waals surface area contributed by atoms with Gasteiger partial charge in [0.2, 0.25) is 0 Å². The Morgan fingerprint density at radius 3 is 2.83 bits per heavy atom. The van der Waals surface area contributed by atoms with E-state index < -0.39 is 0 Å². The zero-order chi connectivity index (χ0) is 13.0. The molecule has 1 saturated heterocycles. The van der Waals surface area contributed by atoms with Crippen LogP contribution in [0.5, 0.6) is 0 Å². The predicted molar refractivity (Wildman–Crippen MR) is 70.4 cm³/mol. The zero-order valence-electron chi connectivity index (χ0n) is 10.8. The quantitative estimate of drug-likeness (QED) is 0.666. The molecule has 1 aromatic heterocycles. The Morgan fingerprint density at radius 1 is 1.50 bits per heavy atom. The second-order valence-corrected chi connectivity index (χ2v) is 4.77. The SMILES string of the molecule is Cc1[nH]nc(N)c1C(=O)NCCCN1CCCC1. The van der Waals surface area contributed by atoms with Crippen molar-refractivity contribution in [2.45, 2.75) is 26.2 Å². The van der Waals surface area contributed by atoms with Crippen molar-refractivity contribution in [3.05, 3.63) is 11.3 Å². The van der Waals surface area contributed by atoms with Crippen molar-refractivity contribution in [3.8, 4) is 0 Å². The lowest BCUT2D eigenvalue weighted by molar-refractivity contribution is 0.0952. The third-order valence-electron chi connectivity index (χ3n) is 3.34. The molecule has 0 saturated carbocycles. The topological polar surface area (TPSA) is 87.0 Å². The van der Waals surface area contributed by atoms with Crippen LogP contribution < -0.4 is 11.1 Å². The van der Waals surface area contributed by atoms with Crippen LogP contribution in [-0.4, -0.2) is 47.2 Å². The Morgan fingerprint density at radius 2 is 2.22 bits per heavy atom. The Hall–Kier alpha value is -1.56. The van der Waals surface area contributed by atoms with Crippen LogP contribution in [0, 0.1) is 6.92 Å². The van der Waals surface area contributed by atoms with Gasteiger partial charge in [-0.1, -0.05) is 0 Å². The number of H-pyrrole nitrogens is 1. The summed E-state index contributed by atoms with van der Waals surface area (Å²) in [5.41, 5.74) is 6.82. The lowest BCUT2D eigenvalue weighted by Gasteiger charge is -2.14. The maximum Gasteiger partial charge on any atom is 0.256 e. The van der Waals surface area contributed by atoms with E-state index in [1.807, 2.05) is 0 Å². The molecule has 18 heavy (non-hydrogen) atoms. The van der Waals surface area contributed by atoms with Crippen LogP contribution in [0.3, 0.4) is 0 Å². The minimum Gasteiger partial charge on any atom is -0.382 e. The average molecular weight is 251 g/mol. The maximum absolute atomic E-state index is 11.9. The molecule has 100 valence electrons. The van der Waals surface area contributed by atoms with E-state index in [1.165, 1.54) is 25.9 Å². The van der Waals surface area contributed by atoms with E-state index in [0.29, 0.717) is 17.8 Å². The number of hydrogen-bond acceptors (Lipinski definition) is 4. The van der Waals surface area contributed by atoms with Gasteiger partial charge in [-0.2, -0.15) is 5.10 Å². The first kappa shape index (κ1) is 12.9. The molecule has 4 N–H and O–H groups in total. The molecule has 2 rings (SSSR count). The van der Waals surface area contributed by atoms with Crippen molar-refractivity contribution in [1.82, 2.24) is 20.4 Å². The molecule has 0 aromatic carbocycles. The molecule has 1 amide bonds. The first-order valence-corrected chi connectivity index (χ1v) is 6.49. The summed E-state index contributed by atoms with van der Waals surface area (Å²) in [5, 5.41) is 9.41.